The molecule has 0 saturated carbocycles. The third kappa shape index (κ3) is 2.68. The molecule has 0 fully saturated rings. The summed E-state index contributed by atoms with van der Waals surface area (Å²) in [6.45, 7) is 3.21. The molecule has 2 heterocycles. The van der Waals surface area contributed by atoms with Crippen molar-refractivity contribution in [1.29, 1.82) is 0 Å². The van der Waals surface area contributed by atoms with Gasteiger partial charge >= 0.3 is 0 Å². The van der Waals surface area contributed by atoms with E-state index in [1.54, 1.807) is 0 Å². The Bertz CT molecular complexity index is 852. The third-order valence-electron chi connectivity index (χ3n) is 4.12. The van der Waals surface area contributed by atoms with Crippen LogP contribution in [0.25, 0.3) is 11.3 Å². The summed E-state index contributed by atoms with van der Waals surface area (Å²) in [5.74, 6) is 1.64. The van der Waals surface area contributed by atoms with E-state index < -0.39 is 0 Å². The lowest BCUT2D eigenvalue weighted by atomic mass is 10.1. The molecule has 0 amide bonds. The summed E-state index contributed by atoms with van der Waals surface area (Å²) >= 11 is 6.00. The number of fused-ring (bicyclic) bond motifs is 1. The third-order valence-corrected chi connectivity index (χ3v) is 4.37. The quantitative estimate of drug-likeness (QED) is 0.684. The summed E-state index contributed by atoms with van der Waals surface area (Å²) in [6, 6.07) is 18.3. The summed E-state index contributed by atoms with van der Waals surface area (Å²) in [5.41, 5.74) is 4.73. The molecule has 1 aliphatic heterocycles. The Hall–Kier alpha value is -2.39. The Morgan fingerprint density at radius 1 is 0.957 bits per heavy atom. The predicted octanol–water partition coefficient (Wildman–Crippen LogP) is 4.89. The first-order chi connectivity index (χ1) is 11.2. The summed E-state index contributed by atoms with van der Waals surface area (Å²) < 4.78 is 13.1. The first-order valence-electron chi connectivity index (χ1n) is 7.51. The van der Waals surface area contributed by atoms with Crippen LogP contribution < -0.4 is 9.47 Å². The van der Waals surface area contributed by atoms with E-state index in [-0.39, 0.29) is 0 Å². The summed E-state index contributed by atoms with van der Waals surface area (Å²) in [4.78, 5) is 0. The topological polar surface area (TPSA) is 23.4 Å². The maximum absolute atomic E-state index is 6.00. The Balaban J connectivity index is 1.69. The predicted molar refractivity (Wildman–Crippen MR) is 91.3 cm³/mol. The zero-order valence-electron chi connectivity index (χ0n) is 12.8. The van der Waals surface area contributed by atoms with Crippen LogP contribution in [-0.4, -0.2) is 11.4 Å². The minimum absolute atomic E-state index is 0.303. The number of nitrogens with zero attached hydrogens (tertiary/aromatic N) is 1. The fourth-order valence-corrected chi connectivity index (χ4v) is 3.00. The minimum Gasteiger partial charge on any atom is -0.454 e. The van der Waals surface area contributed by atoms with Gasteiger partial charge in [-0.1, -0.05) is 29.8 Å². The molecule has 4 heteroatoms. The van der Waals surface area contributed by atoms with E-state index >= 15 is 0 Å². The van der Waals surface area contributed by atoms with Gasteiger partial charge in [-0.25, -0.2) is 0 Å². The lowest BCUT2D eigenvalue weighted by molar-refractivity contribution is 0.174. The minimum atomic E-state index is 0.303. The van der Waals surface area contributed by atoms with E-state index in [0.717, 1.165) is 28.6 Å². The average molecular weight is 326 g/mol. The summed E-state index contributed by atoms with van der Waals surface area (Å²) in [7, 11) is 0. The lowest BCUT2D eigenvalue weighted by Gasteiger charge is -2.13. The van der Waals surface area contributed by atoms with Crippen LogP contribution in [0.4, 0.5) is 0 Å². The molecule has 0 spiro atoms. The van der Waals surface area contributed by atoms with E-state index in [2.05, 4.69) is 29.7 Å². The highest BCUT2D eigenvalue weighted by molar-refractivity contribution is 6.30. The van der Waals surface area contributed by atoms with Crippen LogP contribution in [0.5, 0.6) is 11.5 Å². The van der Waals surface area contributed by atoms with Crippen LogP contribution in [0.2, 0.25) is 5.02 Å². The van der Waals surface area contributed by atoms with Gasteiger partial charge < -0.3 is 14.0 Å². The van der Waals surface area contributed by atoms with E-state index in [4.69, 9.17) is 21.1 Å². The van der Waals surface area contributed by atoms with Gasteiger partial charge in [-0.2, -0.15) is 0 Å². The number of hydrogen-bond acceptors (Lipinski definition) is 2. The fourth-order valence-electron chi connectivity index (χ4n) is 2.87. The number of ether oxygens (including phenoxy) is 2. The monoisotopic (exact) mass is 325 g/mol. The second-order valence-corrected chi connectivity index (χ2v) is 6.08. The van der Waals surface area contributed by atoms with Gasteiger partial charge in [0.2, 0.25) is 6.79 Å². The molecule has 1 aliphatic rings. The smallest absolute Gasteiger partial charge is 0.231 e. The number of benzene rings is 2. The molecule has 3 aromatic rings. The SMILES string of the molecule is Cc1ccc(-c2ccc(Cl)cc2)n1Cc1ccc2c(c1)OCO2. The number of aromatic nitrogens is 1. The van der Waals surface area contributed by atoms with Crippen LogP contribution in [0, 0.1) is 6.92 Å². The van der Waals surface area contributed by atoms with Crippen LogP contribution in [0.3, 0.4) is 0 Å². The van der Waals surface area contributed by atoms with Gasteiger partial charge in [0.1, 0.15) is 0 Å². The number of rotatable bonds is 3. The van der Waals surface area contributed by atoms with Crippen molar-refractivity contribution in [1.82, 2.24) is 4.57 Å². The molecule has 2 aromatic carbocycles. The van der Waals surface area contributed by atoms with Crippen LogP contribution in [-0.2, 0) is 6.54 Å². The molecule has 23 heavy (non-hydrogen) atoms. The van der Waals surface area contributed by atoms with E-state index in [1.165, 1.54) is 17.0 Å². The molecule has 3 nitrogen and oxygen atoms in total. The molecular formula is C19H16ClNO2. The van der Waals surface area contributed by atoms with Crippen molar-refractivity contribution in [2.75, 3.05) is 6.79 Å². The Morgan fingerprint density at radius 3 is 2.57 bits per heavy atom. The first kappa shape index (κ1) is 14.2. The van der Waals surface area contributed by atoms with Crippen molar-refractivity contribution in [3.8, 4) is 22.8 Å². The summed E-state index contributed by atoms with van der Waals surface area (Å²) in [6.07, 6.45) is 0. The Labute approximate surface area is 140 Å². The standard InChI is InChI=1S/C19H16ClNO2/c1-13-2-8-17(15-4-6-16(20)7-5-15)21(13)11-14-3-9-18-19(10-14)23-12-22-18/h2-10H,11-12H2,1H3. The lowest BCUT2D eigenvalue weighted by Crippen LogP contribution is -2.03. The van der Waals surface area contributed by atoms with Crippen molar-refractivity contribution in [2.45, 2.75) is 13.5 Å². The highest BCUT2D eigenvalue weighted by Crippen LogP contribution is 2.33. The van der Waals surface area contributed by atoms with E-state index in [9.17, 15) is 0 Å². The second kappa shape index (κ2) is 5.67. The normalized spacial score (nSPS) is 12.6. The van der Waals surface area contributed by atoms with Crippen LogP contribution >= 0.6 is 11.6 Å². The zero-order valence-corrected chi connectivity index (χ0v) is 13.5. The van der Waals surface area contributed by atoms with Crippen molar-refractivity contribution in [3.05, 3.63) is 70.9 Å². The van der Waals surface area contributed by atoms with Crippen LogP contribution in [0.1, 0.15) is 11.3 Å². The molecule has 0 bridgehead atoms. The van der Waals surface area contributed by atoms with Gasteiger partial charge in [0.05, 0.1) is 0 Å². The summed E-state index contributed by atoms with van der Waals surface area (Å²) in [5, 5.41) is 0.749. The average Bonchev–Trinajstić information content (AvgIpc) is 3.16. The zero-order chi connectivity index (χ0) is 15.8. The molecular weight excluding hydrogens is 310 g/mol. The Kier molecular flexibility index (Phi) is 3.50. The molecule has 0 aliphatic carbocycles. The van der Waals surface area contributed by atoms with Crippen molar-refractivity contribution < 1.29 is 9.47 Å². The van der Waals surface area contributed by atoms with Gasteiger partial charge in [0.15, 0.2) is 11.5 Å². The van der Waals surface area contributed by atoms with E-state index in [1.807, 2.05) is 36.4 Å². The van der Waals surface area contributed by atoms with Gasteiger partial charge in [-0.05, 0) is 54.4 Å². The van der Waals surface area contributed by atoms with Crippen molar-refractivity contribution in [2.24, 2.45) is 0 Å². The number of aryl methyl sites for hydroxylation is 1. The van der Waals surface area contributed by atoms with Gasteiger partial charge in [-0.3, -0.25) is 0 Å². The Morgan fingerprint density at radius 2 is 1.74 bits per heavy atom. The van der Waals surface area contributed by atoms with Gasteiger partial charge in [0.25, 0.3) is 0 Å². The molecule has 1 aromatic heterocycles. The van der Waals surface area contributed by atoms with Gasteiger partial charge in [0, 0.05) is 23.0 Å². The molecule has 0 N–H and O–H groups in total. The molecule has 116 valence electrons. The van der Waals surface area contributed by atoms with E-state index in [0.29, 0.717) is 6.79 Å². The maximum atomic E-state index is 6.00. The van der Waals surface area contributed by atoms with Crippen molar-refractivity contribution >= 4 is 11.6 Å². The highest BCUT2D eigenvalue weighted by Gasteiger charge is 2.14. The molecule has 0 radical (unpaired) electrons. The molecule has 0 atom stereocenters. The number of halogens is 1. The fraction of sp³-hybridized carbons (Fsp3) is 0.158. The molecule has 0 saturated heterocycles. The molecule has 4 rings (SSSR count). The van der Waals surface area contributed by atoms with Gasteiger partial charge in [-0.15, -0.1) is 0 Å². The highest BCUT2D eigenvalue weighted by atomic mass is 35.5. The largest absolute Gasteiger partial charge is 0.454 e. The number of hydrogen-bond donors (Lipinski definition) is 0. The maximum Gasteiger partial charge on any atom is 0.231 e. The molecule has 0 unspecified atom stereocenters. The van der Waals surface area contributed by atoms with Crippen molar-refractivity contribution in [3.63, 3.8) is 0 Å². The second-order valence-electron chi connectivity index (χ2n) is 5.64. The first-order valence-corrected chi connectivity index (χ1v) is 7.89. The van der Waals surface area contributed by atoms with Crippen LogP contribution in [0.15, 0.2) is 54.6 Å².